The molecule has 1 saturated heterocycles. The Labute approximate surface area is 216 Å². The van der Waals surface area contributed by atoms with E-state index < -0.39 is 11.7 Å². The number of benzene rings is 1. The van der Waals surface area contributed by atoms with Gasteiger partial charge in [-0.05, 0) is 54.7 Å². The number of hydrogen-bond acceptors (Lipinski definition) is 7. The van der Waals surface area contributed by atoms with Crippen molar-refractivity contribution in [2.45, 2.75) is 24.9 Å². The first-order chi connectivity index (χ1) is 17.9. The van der Waals surface area contributed by atoms with Crippen molar-refractivity contribution in [1.82, 2.24) is 25.3 Å². The summed E-state index contributed by atoms with van der Waals surface area (Å²) in [6.07, 6.45) is 3.06. The summed E-state index contributed by atoms with van der Waals surface area (Å²) in [4.78, 5) is 20.9. The molecule has 1 aliphatic carbocycles. The van der Waals surface area contributed by atoms with E-state index in [1.165, 1.54) is 11.6 Å². The van der Waals surface area contributed by atoms with Gasteiger partial charge in [0.25, 0.3) is 0 Å². The van der Waals surface area contributed by atoms with Crippen LogP contribution in [0.4, 0.5) is 30.5 Å². The minimum absolute atomic E-state index is 0.111. The number of nitrogens with zero attached hydrogens (tertiary/aromatic N) is 5. The number of hydrogen-bond donors (Lipinski definition) is 2. The lowest BCUT2D eigenvalue weighted by molar-refractivity contribution is -0.137. The molecule has 1 aromatic carbocycles. The molecule has 37 heavy (non-hydrogen) atoms. The molecule has 2 fully saturated rings. The maximum atomic E-state index is 13.2. The second-order valence-corrected chi connectivity index (χ2v) is 9.66. The lowest BCUT2D eigenvalue weighted by Crippen LogP contribution is -2.44. The fraction of sp³-hybridized carbons (Fsp3) is 0.308. The second kappa shape index (κ2) is 9.42. The smallest absolute Gasteiger partial charge is 0.353 e. The first-order valence-electron chi connectivity index (χ1n) is 12.1. The molecule has 0 atom stereocenters. The highest BCUT2D eigenvalue weighted by atomic mass is 35.5. The standard InChI is InChI=1S/C26H23ClF3N7/c27-19-4-3-17(26(28,29)30)12-20(19)34-22-11-16(5-6-33-22)24-35-21-14-32-13-18(15-1-2-15)23(21)25(36-24)37-9-7-31-8-10-37/h3-6,11-15,31H,1-2,7-10H2,(H,33,34). The Morgan fingerprint density at radius 2 is 1.84 bits per heavy atom. The number of rotatable bonds is 5. The lowest BCUT2D eigenvalue weighted by atomic mass is 10.1. The molecule has 2 aliphatic rings. The molecular formula is C26H23ClF3N7. The van der Waals surface area contributed by atoms with Crippen LogP contribution in [0.1, 0.15) is 29.9 Å². The van der Waals surface area contributed by atoms with Gasteiger partial charge in [-0.2, -0.15) is 13.2 Å². The first-order valence-corrected chi connectivity index (χ1v) is 12.5. The Morgan fingerprint density at radius 3 is 2.59 bits per heavy atom. The number of nitrogens with one attached hydrogen (secondary N) is 2. The van der Waals surface area contributed by atoms with E-state index in [1.54, 1.807) is 24.5 Å². The summed E-state index contributed by atoms with van der Waals surface area (Å²) >= 11 is 6.17. The van der Waals surface area contributed by atoms with Crippen molar-refractivity contribution < 1.29 is 13.2 Å². The third-order valence-corrected chi connectivity index (χ3v) is 6.95. The van der Waals surface area contributed by atoms with Gasteiger partial charge in [-0.25, -0.2) is 15.0 Å². The van der Waals surface area contributed by atoms with Gasteiger partial charge in [0.15, 0.2) is 5.82 Å². The van der Waals surface area contributed by atoms with Crippen LogP contribution in [-0.2, 0) is 6.18 Å². The predicted octanol–water partition coefficient (Wildman–Crippen LogP) is 5.79. The summed E-state index contributed by atoms with van der Waals surface area (Å²) in [5.74, 6) is 2.20. The number of fused-ring (bicyclic) bond motifs is 1. The molecular weight excluding hydrogens is 503 g/mol. The highest BCUT2D eigenvalue weighted by Gasteiger charge is 2.31. The quantitative estimate of drug-likeness (QED) is 0.341. The van der Waals surface area contributed by atoms with Crippen LogP contribution in [0.15, 0.2) is 48.9 Å². The molecule has 6 rings (SSSR count). The zero-order valence-corrected chi connectivity index (χ0v) is 20.4. The zero-order chi connectivity index (χ0) is 25.6. The molecule has 0 bridgehead atoms. The average Bonchev–Trinajstić information content (AvgIpc) is 3.74. The molecule has 4 aromatic rings. The van der Waals surface area contributed by atoms with Crippen molar-refractivity contribution in [3.05, 3.63) is 65.1 Å². The molecule has 0 radical (unpaired) electrons. The normalized spacial score (nSPS) is 16.3. The van der Waals surface area contributed by atoms with Gasteiger partial charge in [-0.15, -0.1) is 0 Å². The molecule has 1 aliphatic heterocycles. The molecule has 190 valence electrons. The Morgan fingerprint density at radius 1 is 1.03 bits per heavy atom. The van der Waals surface area contributed by atoms with Gasteiger partial charge < -0.3 is 15.5 Å². The Bertz CT molecular complexity index is 1470. The van der Waals surface area contributed by atoms with Crippen molar-refractivity contribution in [3.8, 4) is 11.4 Å². The molecule has 1 saturated carbocycles. The third kappa shape index (κ3) is 4.91. The molecule has 2 N–H and O–H groups in total. The van der Waals surface area contributed by atoms with Crippen LogP contribution < -0.4 is 15.5 Å². The molecule has 0 spiro atoms. The van der Waals surface area contributed by atoms with Gasteiger partial charge in [0.05, 0.1) is 28.0 Å². The van der Waals surface area contributed by atoms with Crippen LogP contribution in [0.3, 0.4) is 0 Å². The van der Waals surface area contributed by atoms with Gasteiger partial charge in [0.2, 0.25) is 0 Å². The van der Waals surface area contributed by atoms with Crippen LogP contribution in [0.2, 0.25) is 5.02 Å². The number of piperazine rings is 1. The van der Waals surface area contributed by atoms with E-state index in [4.69, 9.17) is 21.6 Å². The van der Waals surface area contributed by atoms with Gasteiger partial charge in [0.1, 0.15) is 11.6 Å². The highest BCUT2D eigenvalue weighted by molar-refractivity contribution is 6.33. The van der Waals surface area contributed by atoms with E-state index in [0.717, 1.165) is 67.9 Å². The fourth-order valence-corrected chi connectivity index (χ4v) is 4.77. The number of pyridine rings is 2. The summed E-state index contributed by atoms with van der Waals surface area (Å²) in [7, 11) is 0. The van der Waals surface area contributed by atoms with Gasteiger partial charge in [-0.1, -0.05) is 11.6 Å². The molecule has 3 aromatic heterocycles. The third-order valence-electron chi connectivity index (χ3n) is 6.63. The SMILES string of the molecule is FC(F)(F)c1ccc(Cl)c(Nc2cc(-c3nc(N4CCNCC4)c4c(C5CC5)cncc4n3)ccn2)c1. The minimum atomic E-state index is -4.48. The van der Waals surface area contributed by atoms with Crippen molar-refractivity contribution in [2.24, 2.45) is 0 Å². The average molecular weight is 526 g/mol. The van der Waals surface area contributed by atoms with Gasteiger partial charge in [0, 0.05) is 49.5 Å². The Kier molecular flexibility index (Phi) is 6.08. The zero-order valence-electron chi connectivity index (χ0n) is 19.7. The summed E-state index contributed by atoms with van der Waals surface area (Å²) < 4.78 is 39.6. The number of anilines is 3. The van der Waals surface area contributed by atoms with Crippen molar-refractivity contribution in [3.63, 3.8) is 0 Å². The number of alkyl halides is 3. The fourth-order valence-electron chi connectivity index (χ4n) is 4.60. The summed E-state index contributed by atoms with van der Waals surface area (Å²) in [6.45, 7) is 3.39. The molecule has 4 heterocycles. The first kappa shape index (κ1) is 23.9. The van der Waals surface area contributed by atoms with Crippen LogP contribution in [0.5, 0.6) is 0 Å². The second-order valence-electron chi connectivity index (χ2n) is 9.25. The van der Waals surface area contributed by atoms with Crippen LogP contribution >= 0.6 is 11.6 Å². The Hall–Kier alpha value is -3.50. The number of aromatic nitrogens is 4. The summed E-state index contributed by atoms with van der Waals surface area (Å²) in [6, 6.07) is 6.61. The Balaban J connectivity index is 1.41. The van der Waals surface area contributed by atoms with E-state index in [2.05, 4.69) is 25.5 Å². The van der Waals surface area contributed by atoms with Gasteiger partial charge >= 0.3 is 6.18 Å². The van der Waals surface area contributed by atoms with Crippen LogP contribution in [0, 0.1) is 0 Å². The maximum absolute atomic E-state index is 13.2. The van der Waals surface area contributed by atoms with Crippen LogP contribution in [0.25, 0.3) is 22.3 Å². The van der Waals surface area contributed by atoms with Crippen molar-refractivity contribution >= 4 is 39.8 Å². The van der Waals surface area contributed by atoms with Gasteiger partial charge in [-0.3, -0.25) is 4.98 Å². The van der Waals surface area contributed by atoms with E-state index >= 15 is 0 Å². The van der Waals surface area contributed by atoms with Crippen molar-refractivity contribution in [2.75, 3.05) is 36.4 Å². The summed E-state index contributed by atoms with van der Waals surface area (Å²) in [5.41, 5.74) is 1.95. The molecule has 7 nitrogen and oxygen atoms in total. The van der Waals surface area contributed by atoms with E-state index in [1.807, 2.05) is 6.20 Å². The predicted molar refractivity (Wildman–Crippen MR) is 137 cm³/mol. The largest absolute Gasteiger partial charge is 0.416 e. The molecule has 11 heteroatoms. The molecule has 0 amide bonds. The monoisotopic (exact) mass is 525 g/mol. The minimum Gasteiger partial charge on any atom is -0.353 e. The maximum Gasteiger partial charge on any atom is 0.416 e. The van der Waals surface area contributed by atoms with E-state index in [0.29, 0.717) is 23.1 Å². The van der Waals surface area contributed by atoms with Crippen LogP contribution in [-0.4, -0.2) is 46.1 Å². The van der Waals surface area contributed by atoms with E-state index in [9.17, 15) is 13.2 Å². The highest BCUT2D eigenvalue weighted by Crippen LogP contribution is 2.45. The molecule has 0 unspecified atom stereocenters. The number of halogens is 4. The van der Waals surface area contributed by atoms with Crippen molar-refractivity contribution in [1.29, 1.82) is 0 Å². The lowest BCUT2D eigenvalue weighted by Gasteiger charge is -2.30. The topological polar surface area (TPSA) is 78.9 Å². The van der Waals surface area contributed by atoms with E-state index in [-0.39, 0.29) is 10.7 Å². The summed E-state index contributed by atoms with van der Waals surface area (Å²) in [5, 5.41) is 7.50.